The van der Waals surface area contributed by atoms with E-state index < -0.39 is 6.10 Å². The van der Waals surface area contributed by atoms with E-state index in [0.717, 1.165) is 28.2 Å². The molecule has 6 heteroatoms. The van der Waals surface area contributed by atoms with E-state index in [9.17, 15) is 5.11 Å². The van der Waals surface area contributed by atoms with E-state index in [4.69, 9.17) is 0 Å². The second-order valence-corrected chi connectivity index (χ2v) is 6.45. The number of hydrogen-bond donors (Lipinski definition) is 3. The number of aryl methyl sites for hydroxylation is 1. The van der Waals surface area contributed by atoms with Crippen LogP contribution in [0.3, 0.4) is 0 Å². The molecular formula is C20H21N5O. The molecule has 0 saturated carbocycles. The van der Waals surface area contributed by atoms with Crippen molar-refractivity contribution in [2.24, 2.45) is 4.99 Å². The molecule has 0 saturated heterocycles. The van der Waals surface area contributed by atoms with E-state index in [1.165, 1.54) is 0 Å². The Labute approximate surface area is 152 Å². The van der Waals surface area contributed by atoms with Crippen LogP contribution < -0.4 is 5.43 Å². The number of aliphatic hydroxyl groups is 1. The molecule has 1 unspecified atom stereocenters. The predicted octanol–water partition coefficient (Wildman–Crippen LogP) is 2.85. The van der Waals surface area contributed by atoms with Crippen molar-refractivity contribution >= 4 is 11.7 Å². The van der Waals surface area contributed by atoms with Crippen LogP contribution in [0, 0.1) is 6.92 Å². The minimum Gasteiger partial charge on any atom is -0.387 e. The van der Waals surface area contributed by atoms with Crippen LogP contribution >= 0.6 is 0 Å². The van der Waals surface area contributed by atoms with Crippen LogP contribution in [0.5, 0.6) is 0 Å². The lowest BCUT2D eigenvalue weighted by atomic mass is 10.0. The fourth-order valence-electron chi connectivity index (χ4n) is 3.10. The Morgan fingerprint density at radius 3 is 2.69 bits per heavy atom. The molecule has 0 radical (unpaired) electrons. The van der Waals surface area contributed by atoms with E-state index in [2.05, 4.69) is 26.7 Å². The Bertz CT molecular complexity index is 919. The molecule has 1 atom stereocenters. The second kappa shape index (κ2) is 7.11. The predicted molar refractivity (Wildman–Crippen MR) is 101 cm³/mol. The van der Waals surface area contributed by atoms with E-state index in [-0.39, 0.29) is 0 Å². The Morgan fingerprint density at radius 1 is 1.15 bits per heavy atom. The van der Waals surface area contributed by atoms with Gasteiger partial charge in [0, 0.05) is 30.4 Å². The first kappa shape index (κ1) is 16.5. The first-order chi connectivity index (χ1) is 12.7. The number of rotatable bonds is 4. The summed E-state index contributed by atoms with van der Waals surface area (Å²) in [4.78, 5) is 4.65. The number of nitrogens with zero attached hydrogens (tertiary/aromatic N) is 3. The fraction of sp³-hybridized carbons (Fsp3) is 0.200. The van der Waals surface area contributed by atoms with Gasteiger partial charge < -0.3 is 10.5 Å². The Balaban J connectivity index is 1.60. The second-order valence-electron chi connectivity index (χ2n) is 6.45. The summed E-state index contributed by atoms with van der Waals surface area (Å²) in [5.41, 5.74) is 7.42. The normalized spacial score (nSPS) is 16.9. The highest BCUT2D eigenvalue weighted by Gasteiger charge is 2.23. The third-order valence-corrected chi connectivity index (χ3v) is 4.39. The SMILES string of the molecule is Cc1cc(N=C2NN(CC(O)c3ccccc3)Cc3ccccc32)n[nH]1. The molecular weight excluding hydrogens is 326 g/mol. The Kier molecular flexibility index (Phi) is 4.51. The summed E-state index contributed by atoms with van der Waals surface area (Å²) in [5.74, 6) is 1.36. The van der Waals surface area contributed by atoms with Crippen molar-refractivity contribution < 1.29 is 5.11 Å². The number of amidine groups is 1. The van der Waals surface area contributed by atoms with Gasteiger partial charge in [-0.2, -0.15) is 5.10 Å². The molecule has 0 amide bonds. The van der Waals surface area contributed by atoms with Gasteiger partial charge in [-0.3, -0.25) is 5.10 Å². The maximum atomic E-state index is 10.6. The van der Waals surface area contributed by atoms with Gasteiger partial charge in [-0.05, 0) is 18.1 Å². The summed E-state index contributed by atoms with van der Waals surface area (Å²) >= 11 is 0. The monoisotopic (exact) mass is 347 g/mol. The number of aliphatic hydroxyl groups excluding tert-OH is 1. The highest BCUT2D eigenvalue weighted by atomic mass is 16.3. The van der Waals surface area contributed by atoms with Gasteiger partial charge in [0.1, 0.15) is 0 Å². The molecule has 0 fully saturated rings. The molecule has 2 aromatic carbocycles. The number of nitrogens with one attached hydrogen (secondary N) is 2. The van der Waals surface area contributed by atoms with Crippen molar-refractivity contribution in [1.29, 1.82) is 0 Å². The van der Waals surface area contributed by atoms with E-state index >= 15 is 0 Å². The van der Waals surface area contributed by atoms with Gasteiger partial charge in [-0.15, -0.1) is 0 Å². The number of aliphatic imine (C=N–C) groups is 1. The minimum absolute atomic E-state index is 0.455. The molecule has 3 N–H and O–H groups in total. The third kappa shape index (κ3) is 3.51. The average Bonchev–Trinajstić information content (AvgIpc) is 3.07. The molecule has 1 aromatic heterocycles. The Hall–Kier alpha value is -2.96. The van der Waals surface area contributed by atoms with E-state index in [0.29, 0.717) is 18.9 Å². The van der Waals surface area contributed by atoms with Crippen molar-refractivity contribution in [2.45, 2.75) is 19.6 Å². The summed E-state index contributed by atoms with van der Waals surface area (Å²) in [5, 5.41) is 19.7. The van der Waals surface area contributed by atoms with Gasteiger partial charge in [-0.25, -0.2) is 10.0 Å². The summed E-state index contributed by atoms with van der Waals surface area (Å²) in [6, 6.07) is 19.7. The number of aromatic nitrogens is 2. The quantitative estimate of drug-likeness (QED) is 0.678. The fourth-order valence-corrected chi connectivity index (χ4v) is 3.10. The molecule has 1 aliphatic heterocycles. The van der Waals surface area contributed by atoms with Crippen molar-refractivity contribution in [3.05, 3.63) is 83.0 Å². The molecule has 0 spiro atoms. The van der Waals surface area contributed by atoms with E-state index in [1.807, 2.05) is 66.5 Å². The number of hydrazine groups is 1. The minimum atomic E-state index is -0.581. The Morgan fingerprint density at radius 2 is 1.92 bits per heavy atom. The molecule has 1 aliphatic rings. The third-order valence-electron chi connectivity index (χ3n) is 4.39. The van der Waals surface area contributed by atoms with Gasteiger partial charge in [0.15, 0.2) is 11.7 Å². The van der Waals surface area contributed by atoms with Crippen LogP contribution in [0.15, 0.2) is 65.7 Å². The molecule has 0 bridgehead atoms. The van der Waals surface area contributed by atoms with Crippen LogP contribution in [0.4, 0.5) is 5.82 Å². The van der Waals surface area contributed by atoms with Gasteiger partial charge in [0.2, 0.25) is 0 Å². The number of hydrogen-bond acceptors (Lipinski definition) is 4. The lowest BCUT2D eigenvalue weighted by molar-refractivity contribution is 0.0912. The molecule has 3 aromatic rings. The lowest BCUT2D eigenvalue weighted by Gasteiger charge is -2.32. The van der Waals surface area contributed by atoms with Crippen LogP contribution in [-0.4, -0.2) is 32.7 Å². The van der Waals surface area contributed by atoms with Crippen LogP contribution in [0.1, 0.15) is 28.5 Å². The van der Waals surface area contributed by atoms with Gasteiger partial charge in [0.25, 0.3) is 0 Å². The largest absolute Gasteiger partial charge is 0.387 e. The van der Waals surface area contributed by atoms with Crippen LogP contribution in [0.2, 0.25) is 0 Å². The van der Waals surface area contributed by atoms with Crippen molar-refractivity contribution in [1.82, 2.24) is 20.6 Å². The molecule has 132 valence electrons. The number of fused-ring (bicyclic) bond motifs is 1. The molecule has 26 heavy (non-hydrogen) atoms. The average molecular weight is 347 g/mol. The summed E-state index contributed by atoms with van der Waals surface area (Å²) in [7, 11) is 0. The van der Waals surface area contributed by atoms with Crippen LogP contribution in [-0.2, 0) is 6.54 Å². The van der Waals surface area contributed by atoms with Gasteiger partial charge in [0.05, 0.1) is 6.10 Å². The summed E-state index contributed by atoms with van der Waals surface area (Å²) < 4.78 is 0. The summed E-state index contributed by atoms with van der Waals surface area (Å²) in [6.07, 6.45) is -0.581. The molecule has 2 heterocycles. The van der Waals surface area contributed by atoms with Gasteiger partial charge >= 0.3 is 0 Å². The first-order valence-corrected chi connectivity index (χ1v) is 8.62. The zero-order chi connectivity index (χ0) is 17.9. The number of benzene rings is 2. The lowest BCUT2D eigenvalue weighted by Crippen LogP contribution is -2.48. The zero-order valence-corrected chi connectivity index (χ0v) is 14.6. The van der Waals surface area contributed by atoms with Gasteiger partial charge in [-0.1, -0.05) is 54.6 Å². The highest BCUT2D eigenvalue weighted by molar-refractivity contribution is 6.01. The molecule has 4 rings (SSSR count). The summed E-state index contributed by atoms with van der Waals surface area (Å²) in [6.45, 7) is 3.09. The molecule has 0 aliphatic carbocycles. The number of β-amino-alcohol motifs (C(OH)–C–C–N with tert-alkyl or cyclic N) is 1. The first-order valence-electron chi connectivity index (χ1n) is 8.62. The maximum Gasteiger partial charge on any atom is 0.175 e. The van der Waals surface area contributed by atoms with Crippen molar-refractivity contribution in [3.8, 4) is 0 Å². The molecule has 6 nitrogen and oxygen atoms in total. The van der Waals surface area contributed by atoms with Crippen molar-refractivity contribution in [3.63, 3.8) is 0 Å². The maximum absolute atomic E-state index is 10.6. The van der Waals surface area contributed by atoms with Crippen molar-refractivity contribution in [2.75, 3.05) is 6.54 Å². The van der Waals surface area contributed by atoms with E-state index in [1.54, 1.807) is 0 Å². The topological polar surface area (TPSA) is 76.5 Å². The van der Waals surface area contributed by atoms with Crippen LogP contribution in [0.25, 0.3) is 0 Å². The highest BCUT2D eigenvalue weighted by Crippen LogP contribution is 2.21. The smallest absolute Gasteiger partial charge is 0.175 e. The zero-order valence-electron chi connectivity index (χ0n) is 14.6. The number of aromatic amines is 1. The standard InChI is InChI=1S/C20H21N5O/c1-14-11-19(23-22-14)21-20-17-10-6-5-9-16(17)12-25(24-20)13-18(26)15-7-3-2-4-8-15/h2-11,18,26H,12-13H2,1H3,(H2,21,22,23,24). The number of H-pyrrole nitrogens is 1.